The Kier molecular flexibility index (Phi) is 3.18. The molecule has 0 N–H and O–H groups in total. The van der Waals surface area contributed by atoms with Crippen molar-refractivity contribution in [1.29, 1.82) is 0 Å². The van der Waals surface area contributed by atoms with Gasteiger partial charge in [0.1, 0.15) is 17.8 Å². The molecule has 0 aliphatic rings. The van der Waals surface area contributed by atoms with Crippen LogP contribution >= 0.6 is 0 Å². The highest BCUT2D eigenvalue weighted by atomic mass is 19.1. The Hall–Kier alpha value is -2.50. The van der Waals surface area contributed by atoms with Gasteiger partial charge in [0.25, 0.3) is 5.69 Å². The van der Waals surface area contributed by atoms with Gasteiger partial charge in [0.15, 0.2) is 0 Å². The summed E-state index contributed by atoms with van der Waals surface area (Å²) in [5.41, 5.74) is 0.383. The summed E-state index contributed by atoms with van der Waals surface area (Å²) in [6.45, 7) is 1.59. The molecule has 0 atom stereocenters. The Labute approximate surface area is 102 Å². The van der Waals surface area contributed by atoms with E-state index in [0.29, 0.717) is 11.3 Å². The van der Waals surface area contributed by atoms with Crippen molar-refractivity contribution in [2.45, 2.75) is 6.92 Å². The molecule has 5 nitrogen and oxygen atoms in total. The minimum Gasteiger partial charge on any atom is -0.439 e. The molecule has 6 heteroatoms. The normalized spacial score (nSPS) is 10.1. The third kappa shape index (κ3) is 2.60. The first-order chi connectivity index (χ1) is 8.56. The van der Waals surface area contributed by atoms with E-state index in [0.717, 1.165) is 6.20 Å². The lowest BCUT2D eigenvalue weighted by Gasteiger charge is -2.05. The summed E-state index contributed by atoms with van der Waals surface area (Å²) < 4.78 is 18.0. The van der Waals surface area contributed by atoms with E-state index in [1.165, 1.54) is 30.3 Å². The predicted octanol–water partition coefficient (Wildman–Crippen LogP) is 3.23. The maximum absolute atomic E-state index is 12.7. The quantitative estimate of drug-likeness (QED) is 0.617. The van der Waals surface area contributed by atoms with Gasteiger partial charge in [-0.15, -0.1) is 0 Å². The van der Waals surface area contributed by atoms with E-state index in [9.17, 15) is 14.5 Å². The second-order valence-electron chi connectivity index (χ2n) is 3.62. The van der Waals surface area contributed by atoms with Crippen molar-refractivity contribution in [3.63, 3.8) is 0 Å². The van der Waals surface area contributed by atoms with Crippen molar-refractivity contribution in [1.82, 2.24) is 4.98 Å². The number of aryl methyl sites for hydroxylation is 1. The van der Waals surface area contributed by atoms with Crippen LogP contribution in [0.5, 0.6) is 11.6 Å². The first kappa shape index (κ1) is 12.0. The molecule has 0 radical (unpaired) electrons. The van der Waals surface area contributed by atoms with Crippen LogP contribution in [-0.4, -0.2) is 9.91 Å². The van der Waals surface area contributed by atoms with Gasteiger partial charge in [0.05, 0.1) is 4.92 Å². The Bertz CT molecular complexity index is 584. The minimum atomic E-state index is -0.510. The highest BCUT2D eigenvalue weighted by Crippen LogP contribution is 2.24. The van der Waals surface area contributed by atoms with Gasteiger partial charge < -0.3 is 4.74 Å². The molecule has 2 aromatic rings. The fourth-order valence-corrected chi connectivity index (χ4v) is 1.39. The summed E-state index contributed by atoms with van der Waals surface area (Å²) in [4.78, 5) is 13.9. The van der Waals surface area contributed by atoms with Crippen LogP contribution in [0.25, 0.3) is 0 Å². The number of hydrogen-bond acceptors (Lipinski definition) is 4. The van der Waals surface area contributed by atoms with E-state index in [-0.39, 0.29) is 17.4 Å². The fourth-order valence-electron chi connectivity index (χ4n) is 1.39. The first-order valence-electron chi connectivity index (χ1n) is 5.11. The van der Waals surface area contributed by atoms with Crippen molar-refractivity contribution in [3.05, 3.63) is 58.0 Å². The van der Waals surface area contributed by atoms with Gasteiger partial charge in [0.2, 0.25) is 5.88 Å². The maximum Gasteiger partial charge on any atom is 0.290 e. The number of halogens is 1. The van der Waals surface area contributed by atoms with Crippen molar-refractivity contribution in [2.75, 3.05) is 0 Å². The lowest BCUT2D eigenvalue weighted by atomic mass is 10.2. The van der Waals surface area contributed by atoms with Crippen LogP contribution < -0.4 is 4.74 Å². The molecule has 0 amide bonds. The number of nitrogens with zero attached hydrogens (tertiary/aromatic N) is 2. The summed E-state index contributed by atoms with van der Waals surface area (Å²) in [6.07, 6.45) is 1.13. The second kappa shape index (κ2) is 4.79. The zero-order valence-corrected chi connectivity index (χ0v) is 9.46. The molecule has 92 valence electrons. The van der Waals surface area contributed by atoms with Crippen LogP contribution in [0, 0.1) is 22.9 Å². The van der Waals surface area contributed by atoms with E-state index >= 15 is 0 Å². The molecule has 1 aromatic carbocycles. The number of nitro groups is 1. The standard InChI is InChI=1S/C12H9FN2O3/c1-8-6-12(14-7-11(8)15(16)17)18-10-4-2-9(13)3-5-10/h2-7H,1H3. The summed E-state index contributed by atoms with van der Waals surface area (Å²) >= 11 is 0. The smallest absolute Gasteiger partial charge is 0.290 e. The zero-order chi connectivity index (χ0) is 13.1. The van der Waals surface area contributed by atoms with Gasteiger partial charge in [-0.05, 0) is 31.2 Å². The number of pyridine rings is 1. The number of hydrogen-bond donors (Lipinski definition) is 0. The minimum absolute atomic E-state index is 0.0681. The largest absolute Gasteiger partial charge is 0.439 e. The Morgan fingerprint density at radius 1 is 1.33 bits per heavy atom. The highest BCUT2D eigenvalue weighted by molar-refractivity contribution is 5.40. The average molecular weight is 248 g/mol. The molecule has 0 aliphatic heterocycles. The Morgan fingerprint density at radius 3 is 2.56 bits per heavy atom. The van der Waals surface area contributed by atoms with E-state index in [1.54, 1.807) is 6.92 Å². The monoisotopic (exact) mass is 248 g/mol. The van der Waals surface area contributed by atoms with Crippen LogP contribution in [0.15, 0.2) is 36.5 Å². The highest BCUT2D eigenvalue weighted by Gasteiger charge is 2.12. The van der Waals surface area contributed by atoms with E-state index in [1.807, 2.05) is 0 Å². The topological polar surface area (TPSA) is 65.3 Å². The lowest BCUT2D eigenvalue weighted by Crippen LogP contribution is -1.95. The fraction of sp³-hybridized carbons (Fsp3) is 0.0833. The summed E-state index contributed by atoms with van der Waals surface area (Å²) in [7, 11) is 0. The van der Waals surface area contributed by atoms with Crippen molar-refractivity contribution < 1.29 is 14.1 Å². The SMILES string of the molecule is Cc1cc(Oc2ccc(F)cc2)ncc1[N+](=O)[O-]. The molecule has 0 aliphatic carbocycles. The van der Waals surface area contributed by atoms with Gasteiger partial charge >= 0.3 is 0 Å². The molecule has 1 heterocycles. The summed E-state index contributed by atoms with van der Waals surface area (Å²) in [5, 5.41) is 10.6. The van der Waals surface area contributed by atoms with Crippen LogP contribution in [0.4, 0.5) is 10.1 Å². The van der Waals surface area contributed by atoms with Gasteiger partial charge in [-0.1, -0.05) is 0 Å². The van der Waals surface area contributed by atoms with Crippen molar-refractivity contribution in [3.8, 4) is 11.6 Å². The predicted molar refractivity (Wildman–Crippen MR) is 62.1 cm³/mol. The third-order valence-electron chi connectivity index (χ3n) is 2.29. The van der Waals surface area contributed by atoms with E-state index in [4.69, 9.17) is 4.74 Å². The van der Waals surface area contributed by atoms with Crippen molar-refractivity contribution in [2.24, 2.45) is 0 Å². The molecule has 0 fully saturated rings. The average Bonchev–Trinajstić information content (AvgIpc) is 2.32. The maximum atomic E-state index is 12.7. The molecule has 0 saturated carbocycles. The molecule has 2 rings (SSSR count). The van der Waals surface area contributed by atoms with E-state index in [2.05, 4.69) is 4.98 Å². The van der Waals surface area contributed by atoms with Gasteiger partial charge in [-0.3, -0.25) is 10.1 Å². The third-order valence-corrected chi connectivity index (χ3v) is 2.29. The molecule has 0 spiro atoms. The van der Waals surface area contributed by atoms with Crippen molar-refractivity contribution >= 4 is 5.69 Å². The van der Waals surface area contributed by atoms with Crippen LogP contribution in [0.3, 0.4) is 0 Å². The molecular weight excluding hydrogens is 239 g/mol. The van der Waals surface area contributed by atoms with Gasteiger partial charge in [-0.25, -0.2) is 9.37 Å². The van der Waals surface area contributed by atoms with Gasteiger partial charge in [0, 0.05) is 11.6 Å². The number of ether oxygens (including phenoxy) is 1. The van der Waals surface area contributed by atoms with E-state index < -0.39 is 4.92 Å². The van der Waals surface area contributed by atoms with Crippen LogP contribution in [0.2, 0.25) is 0 Å². The Balaban J connectivity index is 2.22. The second-order valence-corrected chi connectivity index (χ2v) is 3.62. The molecule has 18 heavy (non-hydrogen) atoms. The van der Waals surface area contributed by atoms with Crippen LogP contribution in [-0.2, 0) is 0 Å². The summed E-state index contributed by atoms with van der Waals surface area (Å²) in [5.74, 6) is 0.275. The number of aromatic nitrogens is 1. The molecule has 0 saturated heterocycles. The van der Waals surface area contributed by atoms with Crippen LogP contribution in [0.1, 0.15) is 5.56 Å². The summed E-state index contributed by atoms with van der Waals surface area (Å²) in [6, 6.07) is 6.88. The lowest BCUT2D eigenvalue weighted by molar-refractivity contribution is -0.385. The van der Waals surface area contributed by atoms with Gasteiger partial charge in [-0.2, -0.15) is 0 Å². The number of benzene rings is 1. The Morgan fingerprint density at radius 2 is 2.00 bits per heavy atom. The molecular formula is C12H9FN2O3. The first-order valence-corrected chi connectivity index (χ1v) is 5.11. The molecule has 1 aromatic heterocycles. The molecule has 0 bridgehead atoms. The molecule has 0 unspecified atom stereocenters. The zero-order valence-electron chi connectivity index (χ0n) is 9.46. The number of rotatable bonds is 3.